The van der Waals surface area contributed by atoms with Crippen molar-refractivity contribution in [2.45, 2.75) is 13.0 Å². The van der Waals surface area contributed by atoms with Crippen molar-refractivity contribution in [3.8, 4) is 5.75 Å². The van der Waals surface area contributed by atoms with E-state index >= 15 is 0 Å². The van der Waals surface area contributed by atoms with Crippen molar-refractivity contribution in [1.82, 2.24) is 0 Å². The number of carbonyl (C=O) groups is 1. The topological polar surface area (TPSA) is 78.7 Å². The molecule has 0 aliphatic carbocycles. The first-order valence-corrected chi connectivity index (χ1v) is 6.24. The largest absolute Gasteiger partial charge is 0.514 e. The molecule has 21 heavy (non-hydrogen) atoms. The molecule has 0 radical (unpaired) electrons. The fourth-order valence-electron chi connectivity index (χ4n) is 1.69. The van der Waals surface area contributed by atoms with Crippen LogP contribution in [0.15, 0.2) is 54.6 Å². The molecular formula is C15H13NO5. The lowest BCUT2D eigenvalue weighted by atomic mass is 10.1. The van der Waals surface area contributed by atoms with E-state index < -0.39 is 17.2 Å². The molecule has 1 atom stereocenters. The quantitative estimate of drug-likeness (QED) is 0.369. The molecule has 108 valence electrons. The number of rotatable bonds is 4. The lowest BCUT2D eigenvalue weighted by Crippen LogP contribution is -2.13. The van der Waals surface area contributed by atoms with E-state index in [1.54, 1.807) is 6.92 Å². The van der Waals surface area contributed by atoms with Gasteiger partial charge in [0.05, 0.1) is 4.92 Å². The van der Waals surface area contributed by atoms with Crippen LogP contribution < -0.4 is 4.74 Å². The molecule has 0 aliphatic heterocycles. The minimum absolute atomic E-state index is 0.0756. The van der Waals surface area contributed by atoms with Gasteiger partial charge in [-0.1, -0.05) is 30.3 Å². The van der Waals surface area contributed by atoms with Gasteiger partial charge in [0, 0.05) is 12.1 Å². The van der Waals surface area contributed by atoms with E-state index in [0.29, 0.717) is 0 Å². The minimum atomic E-state index is -0.861. The standard InChI is InChI=1S/C15H13NO5/c1-11(12-5-3-2-4-6-12)20-15(17)21-14-9-7-13(8-10-14)16(18)19/h2-11H,1H3/t11-/m0/s1. The van der Waals surface area contributed by atoms with Crippen molar-refractivity contribution in [3.63, 3.8) is 0 Å². The molecule has 0 saturated carbocycles. The van der Waals surface area contributed by atoms with Crippen molar-refractivity contribution in [2.24, 2.45) is 0 Å². The van der Waals surface area contributed by atoms with Gasteiger partial charge in [0.2, 0.25) is 0 Å². The molecule has 6 heteroatoms. The van der Waals surface area contributed by atoms with Crippen molar-refractivity contribution in [2.75, 3.05) is 0 Å². The van der Waals surface area contributed by atoms with Crippen molar-refractivity contribution < 1.29 is 19.2 Å². The molecule has 6 nitrogen and oxygen atoms in total. The average Bonchev–Trinajstić information content (AvgIpc) is 2.48. The van der Waals surface area contributed by atoms with Gasteiger partial charge in [-0.2, -0.15) is 0 Å². The van der Waals surface area contributed by atoms with Gasteiger partial charge < -0.3 is 9.47 Å². The fourth-order valence-corrected chi connectivity index (χ4v) is 1.69. The van der Waals surface area contributed by atoms with Gasteiger partial charge in [-0.05, 0) is 24.6 Å². The number of benzene rings is 2. The van der Waals surface area contributed by atoms with E-state index in [9.17, 15) is 14.9 Å². The number of hydrogen-bond donors (Lipinski definition) is 0. The third kappa shape index (κ3) is 4.04. The average molecular weight is 287 g/mol. The highest BCUT2D eigenvalue weighted by molar-refractivity contribution is 5.64. The highest BCUT2D eigenvalue weighted by atomic mass is 16.7. The summed E-state index contributed by atoms with van der Waals surface area (Å²) < 4.78 is 10.1. The van der Waals surface area contributed by atoms with Gasteiger partial charge in [0.25, 0.3) is 5.69 Å². The van der Waals surface area contributed by atoms with Gasteiger partial charge in [-0.25, -0.2) is 4.79 Å². The summed E-state index contributed by atoms with van der Waals surface area (Å²) in [5, 5.41) is 10.5. The van der Waals surface area contributed by atoms with Crippen molar-refractivity contribution in [3.05, 3.63) is 70.3 Å². The molecule has 0 aliphatic rings. The van der Waals surface area contributed by atoms with E-state index in [2.05, 4.69) is 0 Å². The summed E-state index contributed by atoms with van der Waals surface area (Å²) >= 11 is 0. The Labute approximate surface area is 121 Å². The third-order valence-corrected chi connectivity index (χ3v) is 2.79. The third-order valence-electron chi connectivity index (χ3n) is 2.79. The molecule has 0 bridgehead atoms. The van der Waals surface area contributed by atoms with E-state index in [-0.39, 0.29) is 11.4 Å². The molecule has 2 aromatic rings. The molecule has 0 aromatic heterocycles. The summed E-state index contributed by atoms with van der Waals surface area (Å²) in [5.41, 5.74) is 0.770. The Morgan fingerprint density at radius 1 is 1.10 bits per heavy atom. The van der Waals surface area contributed by atoms with Crippen LogP contribution in [0.2, 0.25) is 0 Å². The van der Waals surface area contributed by atoms with Crippen LogP contribution in [-0.2, 0) is 4.74 Å². The Bertz CT molecular complexity index is 624. The van der Waals surface area contributed by atoms with Crippen molar-refractivity contribution in [1.29, 1.82) is 0 Å². The van der Waals surface area contributed by atoms with Crippen molar-refractivity contribution >= 4 is 11.8 Å². The first-order chi connectivity index (χ1) is 10.1. The van der Waals surface area contributed by atoms with E-state index in [4.69, 9.17) is 9.47 Å². The maximum absolute atomic E-state index is 11.6. The zero-order valence-corrected chi connectivity index (χ0v) is 11.3. The van der Waals surface area contributed by atoms with Gasteiger partial charge in [-0.3, -0.25) is 10.1 Å². The summed E-state index contributed by atoms with van der Waals surface area (Å²) in [5.74, 6) is 0.186. The zero-order chi connectivity index (χ0) is 15.2. The van der Waals surface area contributed by atoms with E-state index in [1.165, 1.54) is 24.3 Å². The van der Waals surface area contributed by atoms with Gasteiger partial charge >= 0.3 is 6.16 Å². The molecule has 0 spiro atoms. The lowest BCUT2D eigenvalue weighted by molar-refractivity contribution is -0.384. The molecule has 2 rings (SSSR count). The predicted octanol–water partition coefficient (Wildman–Crippen LogP) is 3.87. The number of ether oxygens (including phenoxy) is 2. The van der Waals surface area contributed by atoms with Crippen LogP contribution in [0.5, 0.6) is 5.75 Å². The van der Waals surface area contributed by atoms with Crippen LogP contribution in [0.25, 0.3) is 0 Å². The molecule has 0 saturated heterocycles. The van der Waals surface area contributed by atoms with Crippen LogP contribution in [0, 0.1) is 10.1 Å². The maximum Gasteiger partial charge on any atom is 0.514 e. The second kappa shape index (κ2) is 6.51. The molecule has 0 heterocycles. The molecular weight excluding hydrogens is 274 g/mol. The minimum Gasteiger partial charge on any atom is -0.426 e. The highest BCUT2D eigenvalue weighted by Crippen LogP contribution is 2.20. The Balaban J connectivity index is 1.94. The first-order valence-electron chi connectivity index (χ1n) is 6.24. The number of carbonyl (C=O) groups excluding carboxylic acids is 1. The fraction of sp³-hybridized carbons (Fsp3) is 0.133. The first kappa shape index (κ1) is 14.5. The van der Waals surface area contributed by atoms with Crippen LogP contribution in [0.4, 0.5) is 10.5 Å². The second-order valence-electron chi connectivity index (χ2n) is 4.27. The zero-order valence-electron chi connectivity index (χ0n) is 11.3. The van der Waals surface area contributed by atoms with Gasteiger partial charge in [0.15, 0.2) is 0 Å². The summed E-state index contributed by atoms with van der Waals surface area (Å²) in [4.78, 5) is 21.6. The smallest absolute Gasteiger partial charge is 0.426 e. The number of non-ortho nitro benzene ring substituents is 1. The molecule has 0 unspecified atom stereocenters. The van der Waals surface area contributed by atoms with Crippen LogP contribution in [-0.4, -0.2) is 11.1 Å². The maximum atomic E-state index is 11.6. The Morgan fingerprint density at radius 2 is 1.71 bits per heavy atom. The number of nitro benzene ring substituents is 1. The Hall–Kier alpha value is -2.89. The van der Waals surface area contributed by atoms with E-state index in [0.717, 1.165) is 5.56 Å². The number of hydrogen-bond acceptors (Lipinski definition) is 5. The van der Waals surface area contributed by atoms with E-state index in [1.807, 2.05) is 30.3 Å². The Morgan fingerprint density at radius 3 is 2.29 bits per heavy atom. The molecule has 0 N–H and O–H groups in total. The summed E-state index contributed by atoms with van der Waals surface area (Å²) in [6.45, 7) is 1.73. The van der Waals surface area contributed by atoms with Gasteiger partial charge in [0.1, 0.15) is 11.9 Å². The monoisotopic (exact) mass is 287 g/mol. The molecule has 2 aromatic carbocycles. The highest BCUT2D eigenvalue weighted by Gasteiger charge is 2.14. The van der Waals surface area contributed by atoms with Crippen LogP contribution in [0.3, 0.4) is 0 Å². The number of nitrogens with zero attached hydrogens (tertiary/aromatic N) is 1. The Kier molecular flexibility index (Phi) is 4.50. The number of nitro groups is 1. The van der Waals surface area contributed by atoms with Crippen LogP contribution in [0.1, 0.15) is 18.6 Å². The normalized spacial score (nSPS) is 11.5. The predicted molar refractivity (Wildman–Crippen MR) is 75.1 cm³/mol. The molecule has 0 amide bonds. The summed E-state index contributed by atoms with van der Waals surface area (Å²) in [6, 6.07) is 14.4. The van der Waals surface area contributed by atoms with Gasteiger partial charge in [-0.15, -0.1) is 0 Å². The summed E-state index contributed by atoms with van der Waals surface area (Å²) in [6.07, 6.45) is -1.31. The second-order valence-corrected chi connectivity index (χ2v) is 4.27. The summed E-state index contributed by atoms with van der Waals surface area (Å²) in [7, 11) is 0. The van der Waals surface area contributed by atoms with Crippen LogP contribution >= 0.6 is 0 Å². The SMILES string of the molecule is C[C@H](OC(=O)Oc1ccc([N+](=O)[O-])cc1)c1ccccc1. The lowest BCUT2D eigenvalue weighted by Gasteiger charge is -2.13. The molecule has 0 fully saturated rings.